The van der Waals surface area contributed by atoms with Crippen molar-refractivity contribution in [2.75, 3.05) is 26.5 Å². The second-order valence-corrected chi connectivity index (χ2v) is 5.60. The number of rotatable bonds is 6. The third kappa shape index (κ3) is 6.01. The molecule has 0 spiro atoms. The lowest BCUT2D eigenvalue weighted by Gasteiger charge is -2.14. The van der Waals surface area contributed by atoms with Crippen molar-refractivity contribution in [3.05, 3.63) is 0 Å². The van der Waals surface area contributed by atoms with E-state index in [0.29, 0.717) is 6.54 Å². The molecule has 1 atom stereocenters. The molecular weight excluding hydrogens is 190 g/mol. The van der Waals surface area contributed by atoms with Crippen LogP contribution in [0.15, 0.2) is 0 Å². The van der Waals surface area contributed by atoms with E-state index < -0.39 is 10.0 Å². The van der Waals surface area contributed by atoms with E-state index in [4.69, 9.17) is 5.11 Å². The van der Waals surface area contributed by atoms with Gasteiger partial charge in [0.05, 0.1) is 6.26 Å². The first-order valence-electron chi connectivity index (χ1n) is 4.40. The van der Waals surface area contributed by atoms with Crippen molar-refractivity contribution >= 4 is 10.0 Å². The van der Waals surface area contributed by atoms with Gasteiger partial charge >= 0.3 is 0 Å². The van der Waals surface area contributed by atoms with Crippen molar-refractivity contribution in [2.24, 2.45) is 5.92 Å². The highest BCUT2D eigenvalue weighted by Gasteiger charge is 2.10. The van der Waals surface area contributed by atoms with Crippen LogP contribution in [0.3, 0.4) is 0 Å². The largest absolute Gasteiger partial charge is 0.396 e. The summed E-state index contributed by atoms with van der Waals surface area (Å²) in [5.74, 6) is 0.257. The van der Waals surface area contributed by atoms with E-state index in [0.717, 1.165) is 12.8 Å². The molecule has 0 saturated carbocycles. The van der Waals surface area contributed by atoms with Gasteiger partial charge in [-0.1, -0.05) is 6.92 Å². The highest BCUT2D eigenvalue weighted by molar-refractivity contribution is 7.88. The Morgan fingerprint density at radius 2 is 2.00 bits per heavy atom. The molecule has 0 bridgehead atoms. The van der Waals surface area contributed by atoms with Crippen molar-refractivity contribution in [1.29, 1.82) is 0 Å². The van der Waals surface area contributed by atoms with Crippen LogP contribution >= 0.6 is 0 Å². The molecule has 1 N–H and O–H groups in total. The highest BCUT2D eigenvalue weighted by atomic mass is 32.2. The third-order valence-electron chi connectivity index (χ3n) is 2.05. The van der Waals surface area contributed by atoms with Gasteiger partial charge in [0.1, 0.15) is 0 Å². The maximum atomic E-state index is 11.0. The average molecular weight is 209 g/mol. The van der Waals surface area contributed by atoms with Gasteiger partial charge in [0.25, 0.3) is 0 Å². The average Bonchev–Trinajstić information content (AvgIpc) is 2.02. The number of nitrogens with zero attached hydrogens (tertiary/aromatic N) is 1. The quantitative estimate of drug-likeness (QED) is 0.684. The lowest BCUT2D eigenvalue weighted by atomic mass is 10.1. The lowest BCUT2D eigenvalue weighted by Crippen LogP contribution is -2.26. The molecule has 0 amide bonds. The summed E-state index contributed by atoms with van der Waals surface area (Å²) >= 11 is 0. The predicted molar refractivity (Wildman–Crippen MR) is 53.0 cm³/mol. The molecular formula is C8H19NO3S. The Morgan fingerprint density at radius 3 is 2.38 bits per heavy atom. The van der Waals surface area contributed by atoms with Gasteiger partial charge in [-0.15, -0.1) is 0 Å². The Bertz CT molecular complexity index is 226. The molecule has 0 fully saturated rings. The van der Waals surface area contributed by atoms with Gasteiger partial charge in [-0.05, 0) is 18.8 Å². The molecule has 0 aromatic rings. The summed E-state index contributed by atoms with van der Waals surface area (Å²) in [4.78, 5) is 0. The maximum absolute atomic E-state index is 11.0. The molecule has 0 aromatic carbocycles. The van der Waals surface area contributed by atoms with E-state index in [1.807, 2.05) is 6.92 Å². The molecule has 13 heavy (non-hydrogen) atoms. The van der Waals surface area contributed by atoms with Crippen LogP contribution in [-0.4, -0.2) is 44.3 Å². The number of sulfonamides is 1. The molecule has 0 aliphatic rings. The summed E-state index contributed by atoms with van der Waals surface area (Å²) in [5.41, 5.74) is 0. The van der Waals surface area contributed by atoms with Crippen molar-refractivity contribution in [3.8, 4) is 0 Å². The summed E-state index contributed by atoms with van der Waals surface area (Å²) in [5, 5.41) is 8.73. The minimum atomic E-state index is -3.04. The van der Waals surface area contributed by atoms with Crippen molar-refractivity contribution in [1.82, 2.24) is 4.31 Å². The number of hydrogen-bond acceptors (Lipinski definition) is 3. The Hall–Kier alpha value is -0.130. The summed E-state index contributed by atoms with van der Waals surface area (Å²) < 4.78 is 23.2. The lowest BCUT2D eigenvalue weighted by molar-refractivity contribution is 0.226. The fourth-order valence-electron chi connectivity index (χ4n) is 0.920. The minimum Gasteiger partial charge on any atom is -0.396 e. The Kier molecular flexibility index (Phi) is 5.51. The molecule has 0 heterocycles. The smallest absolute Gasteiger partial charge is 0.210 e. The van der Waals surface area contributed by atoms with Crippen LogP contribution in [0, 0.1) is 5.92 Å². The van der Waals surface area contributed by atoms with Crippen LogP contribution in [0.2, 0.25) is 0 Å². The van der Waals surface area contributed by atoms with Crippen molar-refractivity contribution in [2.45, 2.75) is 19.8 Å². The molecule has 0 aromatic heterocycles. The van der Waals surface area contributed by atoms with E-state index >= 15 is 0 Å². The van der Waals surface area contributed by atoms with Crippen LogP contribution in [0.25, 0.3) is 0 Å². The van der Waals surface area contributed by atoms with Crippen LogP contribution < -0.4 is 0 Å². The molecule has 0 aliphatic carbocycles. The van der Waals surface area contributed by atoms with Crippen LogP contribution in [0.4, 0.5) is 0 Å². The topological polar surface area (TPSA) is 57.6 Å². The molecule has 0 saturated heterocycles. The molecule has 1 unspecified atom stereocenters. The molecule has 80 valence electrons. The van der Waals surface area contributed by atoms with Gasteiger partial charge in [-0.3, -0.25) is 0 Å². The Morgan fingerprint density at radius 1 is 1.46 bits per heavy atom. The third-order valence-corrected chi connectivity index (χ3v) is 3.36. The van der Waals surface area contributed by atoms with Gasteiger partial charge < -0.3 is 5.11 Å². The zero-order valence-corrected chi connectivity index (χ0v) is 9.34. The summed E-state index contributed by atoms with van der Waals surface area (Å²) in [6, 6.07) is 0. The number of hydrogen-bond donors (Lipinski definition) is 1. The Labute approximate surface area is 80.6 Å². The van der Waals surface area contributed by atoms with Gasteiger partial charge in [0.2, 0.25) is 10.0 Å². The molecule has 0 rings (SSSR count). The van der Waals surface area contributed by atoms with E-state index in [-0.39, 0.29) is 12.5 Å². The van der Waals surface area contributed by atoms with Crippen LogP contribution in [0.5, 0.6) is 0 Å². The first-order chi connectivity index (χ1) is 5.88. The molecule has 4 nitrogen and oxygen atoms in total. The van der Waals surface area contributed by atoms with Crippen molar-refractivity contribution < 1.29 is 13.5 Å². The zero-order chi connectivity index (χ0) is 10.5. The van der Waals surface area contributed by atoms with E-state index in [2.05, 4.69) is 0 Å². The zero-order valence-electron chi connectivity index (χ0n) is 8.52. The van der Waals surface area contributed by atoms with Crippen LogP contribution in [-0.2, 0) is 10.0 Å². The standard InChI is InChI=1S/C8H19NO3S/c1-8(7-10)5-4-6-9(2)13(3,11)12/h8,10H,4-7H2,1-3H3. The predicted octanol–water partition coefficient (Wildman–Crippen LogP) is 0.286. The first-order valence-corrected chi connectivity index (χ1v) is 6.25. The fraction of sp³-hybridized carbons (Fsp3) is 1.00. The highest BCUT2D eigenvalue weighted by Crippen LogP contribution is 2.05. The summed E-state index contributed by atoms with van der Waals surface area (Å²) in [7, 11) is -1.47. The van der Waals surface area contributed by atoms with E-state index in [1.165, 1.54) is 10.6 Å². The fourth-order valence-corrected chi connectivity index (χ4v) is 1.38. The van der Waals surface area contributed by atoms with E-state index in [9.17, 15) is 8.42 Å². The SMILES string of the molecule is CC(CO)CCCN(C)S(C)(=O)=O. The van der Waals surface area contributed by atoms with Gasteiger partial charge in [-0.2, -0.15) is 0 Å². The van der Waals surface area contributed by atoms with Gasteiger partial charge in [0.15, 0.2) is 0 Å². The van der Waals surface area contributed by atoms with Gasteiger partial charge in [0, 0.05) is 20.2 Å². The number of aliphatic hydroxyl groups excluding tert-OH is 1. The molecule has 5 heteroatoms. The normalized spacial score (nSPS) is 14.8. The Balaban J connectivity index is 3.66. The molecule has 0 radical (unpaired) electrons. The second-order valence-electron chi connectivity index (χ2n) is 3.51. The monoisotopic (exact) mass is 209 g/mol. The van der Waals surface area contributed by atoms with Crippen LogP contribution in [0.1, 0.15) is 19.8 Å². The molecule has 0 aliphatic heterocycles. The minimum absolute atomic E-state index is 0.169. The van der Waals surface area contributed by atoms with Gasteiger partial charge in [-0.25, -0.2) is 12.7 Å². The van der Waals surface area contributed by atoms with Crippen molar-refractivity contribution in [3.63, 3.8) is 0 Å². The number of aliphatic hydroxyl groups is 1. The van der Waals surface area contributed by atoms with E-state index in [1.54, 1.807) is 7.05 Å². The second kappa shape index (κ2) is 5.57. The summed E-state index contributed by atoms with van der Waals surface area (Å²) in [6.07, 6.45) is 2.85. The first kappa shape index (κ1) is 12.9. The maximum Gasteiger partial charge on any atom is 0.210 e. The summed E-state index contributed by atoms with van der Waals surface area (Å²) in [6.45, 7) is 2.65.